The second-order valence-corrected chi connectivity index (χ2v) is 6.60. The number of nitrogens with zero attached hydrogens (tertiary/aromatic N) is 1. The van der Waals surface area contributed by atoms with Gasteiger partial charge >= 0.3 is 0 Å². The zero-order chi connectivity index (χ0) is 14.8. The lowest BCUT2D eigenvalue weighted by Crippen LogP contribution is -2.38. The quantitative estimate of drug-likeness (QED) is 0.891. The summed E-state index contributed by atoms with van der Waals surface area (Å²) in [4.78, 5) is 2.34. The molecular formula is C17H27FN2. The molecule has 0 saturated carbocycles. The molecule has 1 heterocycles. The van der Waals surface area contributed by atoms with Gasteiger partial charge in [0.05, 0.1) is 0 Å². The summed E-state index contributed by atoms with van der Waals surface area (Å²) in [5.41, 5.74) is 2.29. The van der Waals surface area contributed by atoms with Crippen LogP contribution >= 0.6 is 0 Å². The second kappa shape index (κ2) is 6.13. The van der Waals surface area contributed by atoms with Crippen molar-refractivity contribution in [1.29, 1.82) is 0 Å². The summed E-state index contributed by atoms with van der Waals surface area (Å²) in [7, 11) is 0. The minimum atomic E-state index is -0.0965. The first-order valence-electron chi connectivity index (χ1n) is 7.71. The smallest absolute Gasteiger partial charge is 0.130 e. The molecule has 0 aromatic heterocycles. The van der Waals surface area contributed by atoms with E-state index in [2.05, 4.69) is 37.1 Å². The van der Waals surface area contributed by atoms with E-state index < -0.39 is 0 Å². The Balaban J connectivity index is 2.25. The average Bonchev–Trinajstić information content (AvgIpc) is 2.38. The third-order valence-corrected chi connectivity index (χ3v) is 4.43. The van der Waals surface area contributed by atoms with E-state index in [1.54, 1.807) is 6.07 Å². The van der Waals surface area contributed by atoms with Crippen LogP contribution in [0.5, 0.6) is 0 Å². The van der Waals surface area contributed by atoms with Crippen molar-refractivity contribution in [2.24, 2.45) is 5.41 Å². The molecule has 1 aromatic rings. The Kier molecular flexibility index (Phi) is 4.69. The molecule has 2 rings (SSSR count). The van der Waals surface area contributed by atoms with Gasteiger partial charge in [-0.2, -0.15) is 0 Å². The predicted octanol–water partition coefficient (Wildman–Crippen LogP) is 4.12. The molecule has 2 nitrogen and oxygen atoms in total. The number of benzene rings is 1. The lowest BCUT2D eigenvalue weighted by Gasteiger charge is -2.39. The van der Waals surface area contributed by atoms with Gasteiger partial charge in [-0.3, -0.25) is 0 Å². The van der Waals surface area contributed by atoms with E-state index in [0.717, 1.165) is 30.9 Å². The summed E-state index contributed by atoms with van der Waals surface area (Å²) in [6, 6.07) is 5.50. The maximum Gasteiger partial charge on any atom is 0.130 e. The highest BCUT2D eigenvalue weighted by atomic mass is 19.1. The molecule has 1 atom stereocenters. The first kappa shape index (κ1) is 15.3. The topological polar surface area (TPSA) is 15.3 Å². The van der Waals surface area contributed by atoms with E-state index in [0.29, 0.717) is 5.41 Å². The fourth-order valence-corrected chi connectivity index (χ4v) is 2.99. The van der Waals surface area contributed by atoms with Gasteiger partial charge in [-0.25, -0.2) is 4.39 Å². The monoisotopic (exact) mass is 278 g/mol. The van der Waals surface area contributed by atoms with Gasteiger partial charge in [-0.15, -0.1) is 0 Å². The molecule has 1 aliphatic rings. The molecule has 1 unspecified atom stereocenters. The lowest BCUT2D eigenvalue weighted by molar-refractivity contribution is 0.279. The summed E-state index contributed by atoms with van der Waals surface area (Å²) in [5.74, 6) is -0.0965. The number of anilines is 1. The van der Waals surface area contributed by atoms with Crippen molar-refractivity contribution in [2.45, 2.75) is 46.6 Å². The van der Waals surface area contributed by atoms with Crippen LogP contribution in [0.3, 0.4) is 0 Å². The first-order chi connectivity index (χ1) is 9.44. The molecule has 20 heavy (non-hydrogen) atoms. The molecule has 3 heteroatoms. The van der Waals surface area contributed by atoms with Gasteiger partial charge in [0.15, 0.2) is 0 Å². The van der Waals surface area contributed by atoms with Gasteiger partial charge in [0, 0.05) is 30.4 Å². The zero-order valence-electron chi connectivity index (χ0n) is 13.2. The lowest BCUT2D eigenvalue weighted by atomic mass is 9.82. The van der Waals surface area contributed by atoms with E-state index in [9.17, 15) is 4.39 Å². The molecule has 1 saturated heterocycles. The zero-order valence-corrected chi connectivity index (χ0v) is 13.2. The summed E-state index contributed by atoms with van der Waals surface area (Å²) in [6.45, 7) is 11.6. The SMILES string of the molecule is CCNC(C)c1c(F)cccc1N1CCC(C)(C)CC1. The normalized spacial score (nSPS) is 19.9. The Hall–Kier alpha value is -1.09. The highest BCUT2D eigenvalue weighted by molar-refractivity contribution is 5.56. The molecule has 112 valence electrons. The van der Waals surface area contributed by atoms with E-state index in [4.69, 9.17) is 0 Å². The third-order valence-electron chi connectivity index (χ3n) is 4.43. The van der Waals surface area contributed by atoms with Gasteiger partial charge in [-0.05, 0) is 43.9 Å². The summed E-state index contributed by atoms with van der Waals surface area (Å²) < 4.78 is 14.3. The predicted molar refractivity (Wildman–Crippen MR) is 83.7 cm³/mol. The van der Waals surface area contributed by atoms with Crippen LogP contribution in [0, 0.1) is 11.2 Å². The third kappa shape index (κ3) is 3.32. The van der Waals surface area contributed by atoms with Crippen LogP contribution in [-0.2, 0) is 0 Å². The summed E-state index contributed by atoms with van der Waals surface area (Å²) in [5, 5.41) is 3.33. The van der Waals surface area contributed by atoms with Crippen molar-refractivity contribution in [3.05, 3.63) is 29.6 Å². The van der Waals surface area contributed by atoms with Crippen LogP contribution < -0.4 is 10.2 Å². The van der Waals surface area contributed by atoms with Crippen molar-refractivity contribution in [3.8, 4) is 0 Å². The molecule has 0 amide bonds. The van der Waals surface area contributed by atoms with Crippen LogP contribution in [-0.4, -0.2) is 19.6 Å². The highest BCUT2D eigenvalue weighted by Gasteiger charge is 2.27. The maximum atomic E-state index is 14.3. The second-order valence-electron chi connectivity index (χ2n) is 6.60. The minimum absolute atomic E-state index is 0.0473. The Morgan fingerprint density at radius 3 is 2.55 bits per heavy atom. The van der Waals surface area contributed by atoms with Crippen LogP contribution in [0.1, 0.15) is 52.1 Å². The molecule has 1 aromatic carbocycles. The van der Waals surface area contributed by atoms with Gasteiger partial charge in [-0.1, -0.05) is 26.8 Å². The first-order valence-corrected chi connectivity index (χ1v) is 7.71. The Labute approximate surface area is 122 Å². The maximum absolute atomic E-state index is 14.3. The number of halogens is 1. The van der Waals surface area contributed by atoms with Gasteiger partial charge in [0.2, 0.25) is 0 Å². The number of rotatable bonds is 4. The number of piperidine rings is 1. The molecule has 1 fully saturated rings. The van der Waals surface area contributed by atoms with Gasteiger partial charge < -0.3 is 10.2 Å². The van der Waals surface area contributed by atoms with E-state index in [1.165, 1.54) is 12.8 Å². The standard InChI is InChI=1S/C17H27FN2/c1-5-19-13(2)16-14(18)7-6-8-15(16)20-11-9-17(3,4)10-12-20/h6-8,13,19H,5,9-12H2,1-4H3. The fourth-order valence-electron chi connectivity index (χ4n) is 2.99. The Morgan fingerprint density at radius 1 is 1.30 bits per heavy atom. The molecule has 0 bridgehead atoms. The fraction of sp³-hybridized carbons (Fsp3) is 0.647. The minimum Gasteiger partial charge on any atom is -0.371 e. The van der Waals surface area contributed by atoms with Crippen molar-refractivity contribution in [1.82, 2.24) is 5.32 Å². The van der Waals surface area contributed by atoms with Gasteiger partial charge in [0.25, 0.3) is 0 Å². The number of hydrogen-bond acceptors (Lipinski definition) is 2. The Bertz CT molecular complexity index is 446. The van der Waals surface area contributed by atoms with Crippen molar-refractivity contribution in [2.75, 3.05) is 24.5 Å². The average molecular weight is 278 g/mol. The number of nitrogens with one attached hydrogen (secondary N) is 1. The van der Waals surface area contributed by atoms with Crippen molar-refractivity contribution >= 4 is 5.69 Å². The number of hydrogen-bond donors (Lipinski definition) is 1. The van der Waals surface area contributed by atoms with Crippen molar-refractivity contribution < 1.29 is 4.39 Å². The molecule has 0 radical (unpaired) electrons. The molecule has 0 aliphatic carbocycles. The van der Waals surface area contributed by atoms with E-state index >= 15 is 0 Å². The van der Waals surface area contributed by atoms with Crippen LogP contribution in [0.4, 0.5) is 10.1 Å². The Morgan fingerprint density at radius 2 is 1.95 bits per heavy atom. The van der Waals surface area contributed by atoms with E-state index in [1.807, 2.05) is 13.0 Å². The van der Waals surface area contributed by atoms with Crippen molar-refractivity contribution in [3.63, 3.8) is 0 Å². The highest BCUT2D eigenvalue weighted by Crippen LogP contribution is 2.35. The molecule has 1 aliphatic heterocycles. The van der Waals surface area contributed by atoms with Crippen LogP contribution in [0.2, 0.25) is 0 Å². The van der Waals surface area contributed by atoms with E-state index in [-0.39, 0.29) is 11.9 Å². The van der Waals surface area contributed by atoms with Crippen LogP contribution in [0.25, 0.3) is 0 Å². The van der Waals surface area contributed by atoms with Gasteiger partial charge in [0.1, 0.15) is 5.82 Å². The molecular weight excluding hydrogens is 251 g/mol. The summed E-state index contributed by atoms with van der Waals surface area (Å²) >= 11 is 0. The largest absolute Gasteiger partial charge is 0.371 e. The molecule has 0 spiro atoms. The summed E-state index contributed by atoms with van der Waals surface area (Å²) in [6.07, 6.45) is 2.33. The molecule has 1 N–H and O–H groups in total. The van der Waals surface area contributed by atoms with Crippen LogP contribution in [0.15, 0.2) is 18.2 Å².